The van der Waals surface area contributed by atoms with Crippen molar-refractivity contribution in [3.63, 3.8) is 0 Å². The summed E-state index contributed by atoms with van der Waals surface area (Å²) in [5, 5.41) is 23.0. The average molecular weight is 842 g/mol. The van der Waals surface area contributed by atoms with E-state index in [1.165, 1.54) is 173 Å². The lowest BCUT2D eigenvalue weighted by Crippen LogP contribution is -2.45. The van der Waals surface area contributed by atoms with Gasteiger partial charge in [0.1, 0.15) is 0 Å². The molecule has 0 bridgehead atoms. The number of hydrogen-bond acceptors (Lipinski definition) is 5. The van der Waals surface area contributed by atoms with Crippen LogP contribution in [0, 0.1) is 0 Å². The lowest BCUT2D eigenvalue weighted by atomic mass is 10.0. The molecule has 0 aliphatic heterocycles. The first-order valence-corrected chi connectivity index (χ1v) is 25.9. The molecule has 2 atom stereocenters. The second kappa shape index (κ2) is 49.5. The van der Waals surface area contributed by atoms with Gasteiger partial charge in [0.25, 0.3) is 0 Å². The van der Waals surface area contributed by atoms with E-state index in [0.717, 1.165) is 51.4 Å². The number of aliphatic hydroxyl groups excluding tert-OH is 2. The molecule has 0 rings (SSSR count). The first-order valence-electron chi connectivity index (χ1n) is 25.9. The molecule has 0 aromatic carbocycles. The van der Waals surface area contributed by atoms with Gasteiger partial charge in [0.05, 0.1) is 25.4 Å². The molecule has 0 aromatic heterocycles. The van der Waals surface area contributed by atoms with Crippen molar-refractivity contribution in [1.29, 1.82) is 0 Å². The van der Waals surface area contributed by atoms with Crippen LogP contribution < -0.4 is 5.32 Å². The number of carbonyl (C=O) groups excluding carboxylic acids is 2. The molecule has 60 heavy (non-hydrogen) atoms. The largest absolute Gasteiger partial charge is 0.466 e. The summed E-state index contributed by atoms with van der Waals surface area (Å²) in [6.45, 7) is 4.82. The van der Waals surface area contributed by atoms with Crippen LogP contribution in [0.3, 0.4) is 0 Å². The topological polar surface area (TPSA) is 95.9 Å². The summed E-state index contributed by atoms with van der Waals surface area (Å²) in [6, 6.07) is -0.672. The highest BCUT2D eigenvalue weighted by atomic mass is 16.5. The summed E-state index contributed by atoms with van der Waals surface area (Å²) in [7, 11) is 0. The molecule has 0 aliphatic rings. The number of allylic oxidation sites excluding steroid dienone is 7. The van der Waals surface area contributed by atoms with E-state index in [1.54, 1.807) is 6.08 Å². The number of rotatable bonds is 47. The zero-order valence-electron chi connectivity index (χ0n) is 39.7. The Morgan fingerprint density at radius 2 is 0.850 bits per heavy atom. The third-order valence-corrected chi connectivity index (χ3v) is 11.6. The normalized spacial score (nSPS) is 13.1. The van der Waals surface area contributed by atoms with E-state index in [1.807, 2.05) is 12.2 Å². The van der Waals surface area contributed by atoms with Gasteiger partial charge < -0.3 is 20.3 Å². The molecule has 0 aromatic rings. The van der Waals surface area contributed by atoms with Crippen LogP contribution in [0.2, 0.25) is 0 Å². The van der Waals surface area contributed by atoms with Crippen molar-refractivity contribution in [3.05, 3.63) is 48.6 Å². The van der Waals surface area contributed by atoms with E-state index in [4.69, 9.17) is 4.74 Å². The molecule has 0 aliphatic carbocycles. The van der Waals surface area contributed by atoms with Gasteiger partial charge >= 0.3 is 5.97 Å². The maximum Gasteiger partial charge on any atom is 0.305 e. The van der Waals surface area contributed by atoms with Crippen molar-refractivity contribution in [2.45, 2.75) is 270 Å². The lowest BCUT2D eigenvalue weighted by Gasteiger charge is -2.19. The summed E-state index contributed by atoms with van der Waals surface area (Å²) < 4.78 is 5.45. The predicted octanol–water partition coefficient (Wildman–Crippen LogP) is 15.5. The SMILES string of the molecule is CCCCCCCCC/C=C\CCCCCCCC(=O)OCCCCCCCC/C=C\C/C=C\CCC(=O)NC(CO)C(O)/C=C/CCCCCCCCCCCCCC. The molecule has 0 spiro atoms. The number of unbranched alkanes of at least 4 members (excludes halogenated alkanes) is 30. The maximum absolute atomic E-state index is 12.4. The number of carbonyl (C=O) groups is 2. The zero-order chi connectivity index (χ0) is 43.7. The smallest absolute Gasteiger partial charge is 0.305 e. The summed E-state index contributed by atoms with van der Waals surface area (Å²) in [6.07, 6.45) is 61.2. The minimum atomic E-state index is -0.879. The van der Waals surface area contributed by atoms with Crippen LogP contribution in [-0.4, -0.2) is 47.4 Å². The van der Waals surface area contributed by atoms with E-state index in [-0.39, 0.29) is 18.5 Å². The minimum absolute atomic E-state index is 0.0267. The highest BCUT2D eigenvalue weighted by molar-refractivity contribution is 5.76. The third kappa shape index (κ3) is 45.3. The van der Waals surface area contributed by atoms with Gasteiger partial charge in [0.2, 0.25) is 5.91 Å². The van der Waals surface area contributed by atoms with E-state index in [2.05, 4.69) is 49.5 Å². The van der Waals surface area contributed by atoms with Gasteiger partial charge in [0, 0.05) is 12.8 Å². The highest BCUT2D eigenvalue weighted by Gasteiger charge is 2.17. The molecule has 0 saturated carbocycles. The number of hydrogen-bond donors (Lipinski definition) is 3. The average Bonchev–Trinajstić information content (AvgIpc) is 3.25. The van der Waals surface area contributed by atoms with Crippen LogP contribution in [0.15, 0.2) is 48.6 Å². The van der Waals surface area contributed by atoms with Gasteiger partial charge in [-0.25, -0.2) is 0 Å². The summed E-state index contributed by atoms with van der Waals surface area (Å²) in [5.41, 5.74) is 0. The first-order chi connectivity index (χ1) is 29.5. The van der Waals surface area contributed by atoms with Crippen molar-refractivity contribution in [2.75, 3.05) is 13.2 Å². The number of ether oxygens (including phenoxy) is 1. The van der Waals surface area contributed by atoms with Crippen molar-refractivity contribution in [3.8, 4) is 0 Å². The molecule has 0 fully saturated rings. The van der Waals surface area contributed by atoms with Crippen molar-refractivity contribution in [2.24, 2.45) is 0 Å². The molecular weight excluding hydrogens is 743 g/mol. The predicted molar refractivity (Wildman–Crippen MR) is 259 cm³/mol. The number of amides is 1. The van der Waals surface area contributed by atoms with Gasteiger partial charge in [-0.05, 0) is 77.0 Å². The molecule has 3 N–H and O–H groups in total. The Hall–Kier alpha value is -2.18. The van der Waals surface area contributed by atoms with Crippen LogP contribution >= 0.6 is 0 Å². The molecule has 0 radical (unpaired) electrons. The van der Waals surface area contributed by atoms with Gasteiger partial charge in [0.15, 0.2) is 0 Å². The van der Waals surface area contributed by atoms with Crippen LogP contribution in [0.4, 0.5) is 0 Å². The first kappa shape index (κ1) is 57.8. The second-order valence-corrected chi connectivity index (χ2v) is 17.5. The fourth-order valence-electron chi connectivity index (χ4n) is 7.56. The monoisotopic (exact) mass is 842 g/mol. The molecule has 6 nitrogen and oxygen atoms in total. The molecular formula is C54H99NO5. The van der Waals surface area contributed by atoms with Crippen molar-refractivity contribution >= 4 is 11.9 Å². The Bertz CT molecular complexity index is 1020. The molecule has 6 heteroatoms. The molecule has 2 unspecified atom stereocenters. The fraction of sp³-hybridized carbons (Fsp3) is 0.815. The molecule has 350 valence electrons. The summed E-state index contributed by atoms with van der Waals surface area (Å²) >= 11 is 0. The van der Waals surface area contributed by atoms with Gasteiger partial charge in [-0.15, -0.1) is 0 Å². The Kier molecular flexibility index (Phi) is 47.7. The number of aliphatic hydroxyl groups is 2. The van der Waals surface area contributed by atoms with Crippen LogP contribution in [0.1, 0.15) is 258 Å². The molecule has 0 saturated heterocycles. The highest BCUT2D eigenvalue weighted by Crippen LogP contribution is 2.14. The minimum Gasteiger partial charge on any atom is -0.466 e. The standard InChI is InChI=1S/C54H99NO5/c1-3-5-7-9-11-13-15-17-19-20-24-28-32-36-40-44-48-54(59)60-49-45-41-37-33-29-25-21-23-27-31-35-39-43-47-53(58)55-51(50-56)52(57)46-42-38-34-30-26-22-18-16-14-12-10-8-6-4-2/h19-20,23,27,35,39,42,46,51-52,56-57H,3-18,21-22,24-26,28-34,36-38,40-41,43-45,47-50H2,1-2H3,(H,55,58)/b20-19-,27-23-,39-35-,46-42+. The van der Waals surface area contributed by atoms with Gasteiger partial charge in [-0.1, -0.05) is 217 Å². The Morgan fingerprint density at radius 1 is 0.467 bits per heavy atom. The van der Waals surface area contributed by atoms with Crippen LogP contribution in [-0.2, 0) is 14.3 Å². The lowest BCUT2D eigenvalue weighted by molar-refractivity contribution is -0.143. The Labute approximate surface area is 372 Å². The van der Waals surface area contributed by atoms with Crippen molar-refractivity contribution in [1.82, 2.24) is 5.32 Å². The zero-order valence-corrected chi connectivity index (χ0v) is 39.7. The van der Waals surface area contributed by atoms with E-state index >= 15 is 0 Å². The van der Waals surface area contributed by atoms with E-state index < -0.39 is 12.1 Å². The number of esters is 1. The fourth-order valence-corrected chi connectivity index (χ4v) is 7.56. The van der Waals surface area contributed by atoms with Crippen LogP contribution in [0.25, 0.3) is 0 Å². The van der Waals surface area contributed by atoms with Gasteiger partial charge in [-0.3, -0.25) is 9.59 Å². The van der Waals surface area contributed by atoms with Gasteiger partial charge in [-0.2, -0.15) is 0 Å². The third-order valence-electron chi connectivity index (χ3n) is 11.6. The Morgan fingerprint density at radius 3 is 1.32 bits per heavy atom. The quantitative estimate of drug-likeness (QED) is 0.0322. The Balaban J connectivity index is 3.59. The van der Waals surface area contributed by atoms with E-state index in [9.17, 15) is 19.8 Å². The summed E-state index contributed by atoms with van der Waals surface area (Å²) in [4.78, 5) is 24.4. The molecule has 0 heterocycles. The second-order valence-electron chi connectivity index (χ2n) is 17.5. The van der Waals surface area contributed by atoms with Crippen LogP contribution in [0.5, 0.6) is 0 Å². The molecule has 1 amide bonds. The van der Waals surface area contributed by atoms with E-state index in [0.29, 0.717) is 25.9 Å². The maximum atomic E-state index is 12.4. The summed E-state index contributed by atoms with van der Waals surface area (Å²) in [5.74, 6) is -0.177. The number of nitrogens with one attached hydrogen (secondary N) is 1. The van der Waals surface area contributed by atoms with Crippen molar-refractivity contribution < 1.29 is 24.5 Å².